The Hall–Kier alpha value is -0.330. The van der Waals surface area contributed by atoms with Crippen molar-refractivity contribution < 1.29 is 13.9 Å². The van der Waals surface area contributed by atoms with Gasteiger partial charge in [0.05, 0.1) is 11.4 Å². The van der Waals surface area contributed by atoms with Crippen LogP contribution < -0.4 is 5.76 Å². The average Bonchev–Trinajstić information content (AvgIpc) is 2.48. The predicted molar refractivity (Wildman–Crippen MR) is 71.9 cm³/mol. The van der Waals surface area contributed by atoms with Crippen LogP contribution in [0.3, 0.4) is 0 Å². The van der Waals surface area contributed by atoms with Gasteiger partial charge in [0.1, 0.15) is 0 Å². The summed E-state index contributed by atoms with van der Waals surface area (Å²) in [5, 5.41) is 0.452. The Morgan fingerprint density at radius 1 is 1.59 bits per heavy atom. The molecule has 0 saturated heterocycles. The van der Waals surface area contributed by atoms with Gasteiger partial charge in [-0.2, -0.15) is 0 Å². The normalized spacial score (nSPS) is 15.0. The highest BCUT2D eigenvalue weighted by atomic mass is 35.5. The third kappa shape index (κ3) is 3.11. The molecule has 1 unspecified atom stereocenters. The summed E-state index contributed by atoms with van der Waals surface area (Å²) < 4.78 is 17.2. The standard InChI is InChI=1S/C8H7ClNO4PS2/c9-5-1-2-6-7(3-5)14-8(11)10(6)4-17-15(12,13)16/h1-3H,4H2,(H2,12,13,16). The monoisotopic (exact) mass is 311 g/mol. The van der Waals surface area contributed by atoms with Crippen LogP contribution in [0, 0.1) is 0 Å². The van der Waals surface area contributed by atoms with Crippen molar-refractivity contribution in [3.8, 4) is 0 Å². The van der Waals surface area contributed by atoms with Gasteiger partial charge < -0.3 is 9.31 Å². The molecule has 0 aliphatic rings. The van der Waals surface area contributed by atoms with Crippen molar-refractivity contribution in [3.05, 3.63) is 33.8 Å². The molecule has 0 saturated carbocycles. The maximum atomic E-state index is 11.5. The van der Waals surface area contributed by atoms with E-state index in [1.165, 1.54) is 10.6 Å². The van der Waals surface area contributed by atoms with Gasteiger partial charge in [-0.05, 0) is 23.5 Å². The fraction of sp³-hybridized carbons (Fsp3) is 0.125. The second-order valence-corrected chi connectivity index (χ2v) is 9.79. The van der Waals surface area contributed by atoms with Gasteiger partial charge in [0, 0.05) is 11.1 Å². The lowest BCUT2D eigenvalue weighted by atomic mass is 10.3. The van der Waals surface area contributed by atoms with E-state index in [4.69, 9.17) is 20.9 Å². The fourth-order valence-corrected chi connectivity index (χ4v) is 3.23. The highest BCUT2D eigenvalue weighted by Crippen LogP contribution is 2.59. The van der Waals surface area contributed by atoms with Crippen molar-refractivity contribution in [2.24, 2.45) is 0 Å². The minimum atomic E-state index is -3.53. The molecule has 1 heterocycles. The summed E-state index contributed by atoms with van der Waals surface area (Å²) in [5.74, 6) is -4.14. The molecule has 0 fully saturated rings. The molecule has 2 rings (SSSR count). The Labute approximate surface area is 110 Å². The Morgan fingerprint density at radius 3 is 2.94 bits per heavy atom. The van der Waals surface area contributed by atoms with Crippen LogP contribution in [0.1, 0.15) is 0 Å². The first kappa shape index (κ1) is 13.1. The van der Waals surface area contributed by atoms with E-state index in [1.807, 2.05) is 0 Å². The lowest BCUT2D eigenvalue weighted by Gasteiger charge is -2.03. The van der Waals surface area contributed by atoms with Crippen LogP contribution in [0.4, 0.5) is 0 Å². The maximum absolute atomic E-state index is 11.5. The Balaban J connectivity index is 2.44. The van der Waals surface area contributed by atoms with Crippen LogP contribution in [0.5, 0.6) is 0 Å². The first-order valence-corrected chi connectivity index (χ1v) is 9.14. The molecule has 0 amide bonds. The number of hydrogen-bond acceptors (Lipinski definition) is 4. The van der Waals surface area contributed by atoms with E-state index in [2.05, 4.69) is 12.2 Å². The van der Waals surface area contributed by atoms with Crippen LogP contribution in [0.2, 0.25) is 5.02 Å². The SMILES string of the molecule is O=c1oc2cc(Cl)ccc2n1CSP(=O)(O)S. The molecule has 1 aromatic heterocycles. The van der Waals surface area contributed by atoms with E-state index < -0.39 is 11.5 Å². The van der Waals surface area contributed by atoms with Crippen LogP contribution >= 0.6 is 41.0 Å². The van der Waals surface area contributed by atoms with Crippen molar-refractivity contribution in [2.45, 2.75) is 5.88 Å². The number of thiol groups is 1. The number of oxazole rings is 1. The number of rotatable bonds is 3. The van der Waals surface area contributed by atoms with Gasteiger partial charge in [-0.15, -0.1) is 0 Å². The lowest BCUT2D eigenvalue weighted by Crippen LogP contribution is -2.11. The topological polar surface area (TPSA) is 72.4 Å². The smallest absolute Gasteiger partial charge is 0.408 e. The molecular formula is C8H7ClNO4PS2. The summed E-state index contributed by atoms with van der Waals surface area (Å²) in [6.45, 7) is 0. The second kappa shape index (κ2) is 4.74. The van der Waals surface area contributed by atoms with Crippen molar-refractivity contribution in [1.29, 1.82) is 0 Å². The summed E-state index contributed by atoms with van der Waals surface area (Å²) >= 11 is 9.94. The van der Waals surface area contributed by atoms with Crippen LogP contribution in [-0.4, -0.2) is 9.46 Å². The van der Waals surface area contributed by atoms with E-state index in [1.54, 1.807) is 12.1 Å². The Kier molecular flexibility index (Phi) is 3.66. The largest absolute Gasteiger partial charge is 0.420 e. The summed E-state index contributed by atoms with van der Waals surface area (Å²) in [7, 11) is 0. The van der Waals surface area contributed by atoms with Crippen molar-refractivity contribution >= 4 is 52.1 Å². The zero-order valence-electron chi connectivity index (χ0n) is 8.24. The van der Waals surface area contributed by atoms with E-state index in [0.717, 1.165) is 0 Å². The van der Waals surface area contributed by atoms with E-state index in [0.29, 0.717) is 27.5 Å². The molecule has 1 atom stereocenters. The summed E-state index contributed by atoms with van der Waals surface area (Å²) in [6, 6.07) is 4.74. The van der Waals surface area contributed by atoms with Crippen molar-refractivity contribution in [1.82, 2.24) is 4.57 Å². The second-order valence-electron chi connectivity index (χ2n) is 3.16. The number of benzene rings is 1. The molecule has 92 valence electrons. The first-order chi connectivity index (χ1) is 7.87. The Morgan fingerprint density at radius 2 is 2.29 bits per heavy atom. The minimum Gasteiger partial charge on any atom is -0.408 e. The number of nitrogens with zero attached hydrogens (tertiary/aromatic N) is 1. The molecule has 17 heavy (non-hydrogen) atoms. The van der Waals surface area contributed by atoms with Crippen molar-refractivity contribution in [2.75, 3.05) is 0 Å². The van der Waals surface area contributed by atoms with Gasteiger partial charge in [0.25, 0.3) is 0 Å². The number of hydrogen-bond donors (Lipinski definition) is 2. The Bertz CT molecular complexity index is 661. The number of fused-ring (bicyclic) bond motifs is 1. The molecule has 1 aromatic carbocycles. The van der Waals surface area contributed by atoms with E-state index in [-0.39, 0.29) is 5.88 Å². The summed E-state index contributed by atoms with van der Waals surface area (Å²) in [5.41, 5.74) is 0.865. The van der Waals surface area contributed by atoms with Crippen LogP contribution in [-0.2, 0) is 10.4 Å². The maximum Gasteiger partial charge on any atom is 0.420 e. The summed E-state index contributed by atoms with van der Waals surface area (Å²) in [4.78, 5) is 20.5. The number of halogens is 1. The predicted octanol–water partition coefficient (Wildman–Crippen LogP) is 2.97. The minimum absolute atomic E-state index is 0.00918. The van der Waals surface area contributed by atoms with Gasteiger partial charge in [-0.3, -0.25) is 9.13 Å². The molecule has 1 N–H and O–H groups in total. The zero-order chi connectivity index (χ0) is 12.6. The molecule has 0 bridgehead atoms. The molecule has 0 aliphatic heterocycles. The van der Waals surface area contributed by atoms with Crippen LogP contribution in [0.15, 0.2) is 27.4 Å². The van der Waals surface area contributed by atoms with Crippen LogP contribution in [0.25, 0.3) is 11.1 Å². The number of aromatic nitrogens is 1. The van der Waals surface area contributed by atoms with E-state index in [9.17, 15) is 9.36 Å². The fourth-order valence-electron chi connectivity index (χ4n) is 1.30. The van der Waals surface area contributed by atoms with Gasteiger partial charge in [0.15, 0.2) is 5.58 Å². The molecule has 9 heteroatoms. The third-order valence-corrected chi connectivity index (χ3v) is 5.33. The molecule has 0 spiro atoms. The van der Waals surface area contributed by atoms with Gasteiger partial charge >= 0.3 is 11.5 Å². The quantitative estimate of drug-likeness (QED) is 0.673. The highest BCUT2D eigenvalue weighted by molar-refractivity contribution is 8.84. The highest BCUT2D eigenvalue weighted by Gasteiger charge is 2.16. The lowest BCUT2D eigenvalue weighted by molar-refractivity contribution is 0.513. The zero-order valence-corrected chi connectivity index (χ0v) is 11.6. The van der Waals surface area contributed by atoms with Gasteiger partial charge in [-0.25, -0.2) is 4.79 Å². The molecule has 0 radical (unpaired) electrons. The first-order valence-electron chi connectivity index (χ1n) is 4.36. The third-order valence-electron chi connectivity index (χ3n) is 1.99. The van der Waals surface area contributed by atoms with Crippen molar-refractivity contribution in [3.63, 3.8) is 0 Å². The molecule has 0 aliphatic carbocycles. The molecule has 5 nitrogen and oxygen atoms in total. The molecular weight excluding hydrogens is 305 g/mol. The van der Waals surface area contributed by atoms with E-state index >= 15 is 0 Å². The van der Waals surface area contributed by atoms with Gasteiger partial charge in [0.2, 0.25) is 0 Å². The van der Waals surface area contributed by atoms with Gasteiger partial charge in [-0.1, -0.05) is 23.8 Å². The average molecular weight is 312 g/mol. The summed E-state index contributed by atoms with van der Waals surface area (Å²) in [6.07, 6.45) is 0. The molecule has 2 aromatic rings.